The van der Waals surface area contributed by atoms with Crippen molar-refractivity contribution < 1.29 is 9.47 Å². The highest BCUT2D eigenvalue weighted by molar-refractivity contribution is 5.04. The average Bonchev–Trinajstić information content (AvgIpc) is 2.03. The van der Waals surface area contributed by atoms with Gasteiger partial charge in [0.05, 0.1) is 6.61 Å². The van der Waals surface area contributed by atoms with E-state index in [1.807, 2.05) is 20.8 Å². The van der Waals surface area contributed by atoms with Gasteiger partial charge in [-0.25, -0.2) is 0 Å². The summed E-state index contributed by atoms with van der Waals surface area (Å²) in [5, 5.41) is 8.95. The normalized spacial score (nSPS) is 15.7. The maximum absolute atomic E-state index is 8.95. The Labute approximate surface area is 74.3 Å². The predicted octanol–water partition coefficient (Wildman–Crippen LogP) is 1.59. The van der Waals surface area contributed by atoms with E-state index < -0.39 is 5.60 Å². The number of methoxy groups -OCH3 is 1. The van der Waals surface area contributed by atoms with Crippen LogP contribution in [0.25, 0.3) is 0 Å². The molecule has 0 aliphatic carbocycles. The van der Waals surface area contributed by atoms with Crippen LogP contribution in [0.5, 0.6) is 0 Å². The molecule has 0 saturated carbocycles. The number of nitrogens with zero attached hydrogens (tertiary/aromatic N) is 1. The molecule has 3 heteroatoms. The standard InChI is InChI=1S/C9H17NO2/c1-5-12-9(6-10,7-11-4)8(2)3/h8H,5,7H2,1-4H3. The molecular formula is C9H17NO2. The molecule has 12 heavy (non-hydrogen) atoms. The molecule has 70 valence electrons. The molecule has 0 aromatic heterocycles. The number of hydrogen-bond donors (Lipinski definition) is 0. The van der Waals surface area contributed by atoms with Crippen molar-refractivity contribution in [2.75, 3.05) is 20.3 Å². The lowest BCUT2D eigenvalue weighted by Crippen LogP contribution is -2.41. The molecule has 0 heterocycles. The molecule has 0 aromatic carbocycles. The van der Waals surface area contributed by atoms with Gasteiger partial charge in [-0.05, 0) is 12.8 Å². The molecule has 1 atom stereocenters. The van der Waals surface area contributed by atoms with Crippen LogP contribution < -0.4 is 0 Å². The average molecular weight is 171 g/mol. The molecule has 0 amide bonds. The van der Waals surface area contributed by atoms with Gasteiger partial charge in [-0.15, -0.1) is 0 Å². The predicted molar refractivity (Wildman–Crippen MR) is 46.7 cm³/mol. The summed E-state index contributed by atoms with van der Waals surface area (Å²) in [6.07, 6.45) is 0. The lowest BCUT2D eigenvalue weighted by molar-refractivity contribution is -0.0737. The number of hydrogen-bond acceptors (Lipinski definition) is 3. The second kappa shape index (κ2) is 5.13. The van der Waals surface area contributed by atoms with Crippen molar-refractivity contribution in [1.29, 1.82) is 5.26 Å². The second-order valence-electron chi connectivity index (χ2n) is 3.02. The molecule has 0 rings (SSSR count). The van der Waals surface area contributed by atoms with Crippen LogP contribution in [0.4, 0.5) is 0 Å². The smallest absolute Gasteiger partial charge is 0.179 e. The van der Waals surface area contributed by atoms with Crippen molar-refractivity contribution >= 4 is 0 Å². The number of nitriles is 1. The van der Waals surface area contributed by atoms with Crippen LogP contribution in [-0.4, -0.2) is 25.9 Å². The summed E-state index contributed by atoms with van der Waals surface area (Å²) in [5.41, 5.74) is -0.774. The molecule has 0 radical (unpaired) electrons. The van der Waals surface area contributed by atoms with Crippen LogP contribution in [0, 0.1) is 17.2 Å². The quantitative estimate of drug-likeness (QED) is 0.630. The second-order valence-corrected chi connectivity index (χ2v) is 3.02. The lowest BCUT2D eigenvalue weighted by Gasteiger charge is -2.29. The molecule has 0 aromatic rings. The SMILES string of the molecule is CCOC(C#N)(COC)C(C)C. The van der Waals surface area contributed by atoms with Gasteiger partial charge in [0, 0.05) is 13.7 Å². The van der Waals surface area contributed by atoms with E-state index in [0.717, 1.165) is 0 Å². The zero-order valence-electron chi connectivity index (χ0n) is 8.26. The van der Waals surface area contributed by atoms with Crippen LogP contribution in [0.2, 0.25) is 0 Å². The Morgan fingerprint density at radius 1 is 1.50 bits per heavy atom. The Balaban J connectivity index is 4.42. The number of rotatable bonds is 5. The Kier molecular flexibility index (Phi) is 4.87. The molecule has 0 aliphatic heterocycles. The maximum Gasteiger partial charge on any atom is 0.179 e. The minimum absolute atomic E-state index is 0.141. The van der Waals surface area contributed by atoms with Gasteiger partial charge in [0.15, 0.2) is 5.60 Å². The third-order valence-corrected chi connectivity index (χ3v) is 1.88. The van der Waals surface area contributed by atoms with Crippen LogP contribution in [0.1, 0.15) is 20.8 Å². The Morgan fingerprint density at radius 3 is 2.33 bits per heavy atom. The van der Waals surface area contributed by atoms with Gasteiger partial charge in [0.1, 0.15) is 6.07 Å². The molecule has 0 N–H and O–H groups in total. The molecular weight excluding hydrogens is 154 g/mol. The van der Waals surface area contributed by atoms with Crippen molar-refractivity contribution in [1.82, 2.24) is 0 Å². The van der Waals surface area contributed by atoms with E-state index in [-0.39, 0.29) is 5.92 Å². The van der Waals surface area contributed by atoms with Crippen molar-refractivity contribution in [2.24, 2.45) is 5.92 Å². The van der Waals surface area contributed by atoms with Crippen LogP contribution in [0.3, 0.4) is 0 Å². The lowest BCUT2D eigenvalue weighted by atomic mass is 9.92. The fraction of sp³-hybridized carbons (Fsp3) is 0.889. The molecule has 0 bridgehead atoms. The van der Waals surface area contributed by atoms with Gasteiger partial charge in [0.2, 0.25) is 0 Å². The largest absolute Gasteiger partial charge is 0.381 e. The maximum atomic E-state index is 8.95. The van der Waals surface area contributed by atoms with E-state index in [4.69, 9.17) is 14.7 Å². The first-order chi connectivity index (χ1) is 5.63. The van der Waals surface area contributed by atoms with Gasteiger partial charge in [0.25, 0.3) is 0 Å². The molecule has 3 nitrogen and oxygen atoms in total. The van der Waals surface area contributed by atoms with Gasteiger partial charge in [-0.2, -0.15) is 5.26 Å². The summed E-state index contributed by atoms with van der Waals surface area (Å²) < 4.78 is 10.4. The highest BCUT2D eigenvalue weighted by atomic mass is 16.5. The molecule has 0 aliphatic rings. The summed E-state index contributed by atoms with van der Waals surface area (Å²) in [7, 11) is 1.58. The van der Waals surface area contributed by atoms with Crippen molar-refractivity contribution in [3.8, 4) is 6.07 Å². The third kappa shape index (κ3) is 2.47. The van der Waals surface area contributed by atoms with Gasteiger partial charge < -0.3 is 9.47 Å². The minimum atomic E-state index is -0.774. The number of ether oxygens (including phenoxy) is 2. The minimum Gasteiger partial charge on any atom is -0.381 e. The zero-order chi connectivity index (χ0) is 9.61. The van der Waals surface area contributed by atoms with Crippen LogP contribution >= 0.6 is 0 Å². The summed E-state index contributed by atoms with van der Waals surface area (Å²) in [4.78, 5) is 0. The summed E-state index contributed by atoms with van der Waals surface area (Å²) in [6.45, 7) is 6.66. The summed E-state index contributed by atoms with van der Waals surface area (Å²) >= 11 is 0. The van der Waals surface area contributed by atoms with E-state index in [1.165, 1.54) is 0 Å². The molecule has 0 saturated heterocycles. The van der Waals surface area contributed by atoms with E-state index in [9.17, 15) is 0 Å². The summed E-state index contributed by atoms with van der Waals surface area (Å²) in [5.74, 6) is 0.141. The Bertz CT molecular complexity index is 154. The Morgan fingerprint density at radius 2 is 2.08 bits per heavy atom. The summed E-state index contributed by atoms with van der Waals surface area (Å²) in [6, 6.07) is 2.17. The van der Waals surface area contributed by atoms with Gasteiger partial charge >= 0.3 is 0 Å². The first-order valence-corrected chi connectivity index (χ1v) is 4.17. The van der Waals surface area contributed by atoms with E-state index in [0.29, 0.717) is 13.2 Å². The van der Waals surface area contributed by atoms with Crippen molar-refractivity contribution in [3.05, 3.63) is 0 Å². The molecule has 0 fully saturated rings. The van der Waals surface area contributed by atoms with Crippen molar-refractivity contribution in [2.45, 2.75) is 26.4 Å². The van der Waals surface area contributed by atoms with Crippen molar-refractivity contribution in [3.63, 3.8) is 0 Å². The van der Waals surface area contributed by atoms with E-state index in [2.05, 4.69) is 6.07 Å². The molecule has 0 spiro atoms. The highest BCUT2D eigenvalue weighted by Crippen LogP contribution is 2.21. The zero-order valence-corrected chi connectivity index (χ0v) is 8.26. The van der Waals surface area contributed by atoms with Gasteiger partial charge in [-0.3, -0.25) is 0 Å². The topological polar surface area (TPSA) is 42.2 Å². The highest BCUT2D eigenvalue weighted by Gasteiger charge is 2.34. The fourth-order valence-corrected chi connectivity index (χ4v) is 1.04. The van der Waals surface area contributed by atoms with E-state index >= 15 is 0 Å². The Hall–Kier alpha value is -0.590. The van der Waals surface area contributed by atoms with E-state index in [1.54, 1.807) is 7.11 Å². The fourth-order valence-electron chi connectivity index (χ4n) is 1.04. The first kappa shape index (κ1) is 11.4. The van der Waals surface area contributed by atoms with Crippen LogP contribution in [0.15, 0.2) is 0 Å². The monoisotopic (exact) mass is 171 g/mol. The molecule has 1 unspecified atom stereocenters. The van der Waals surface area contributed by atoms with Crippen LogP contribution in [-0.2, 0) is 9.47 Å². The van der Waals surface area contributed by atoms with Gasteiger partial charge in [-0.1, -0.05) is 13.8 Å². The first-order valence-electron chi connectivity index (χ1n) is 4.17. The third-order valence-electron chi connectivity index (χ3n) is 1.88.